The zero-order chi connectivity index (χ0) is 21.6. The maximum atomic E-state index is 13.1. The van der Waals surface area contributed by atoms with Crippen LogP contribution >= 0.6 is 22.9 Å². The highest BCUT2D eigenvalue weighted by molar-refractivity contribution is 7.16. The summed E-state index contributed by atoms with van der Waals surface area (Å²) in [5.74, 6) is -1.73. The lowest BCUT2D eigenvalue weighted by Crippen LogP contribution is -2.30. The van der Waals surface area contributed by atoms with Crippen LogP contribution in [0.4, 0.5) is 5.69 Å². The number of nitrogens with two attached hydrogens (primary N) is 1. The van der Waals surface area contributed by atoms with E-state index >= 15 is 0 Å². The van der Waals surface area contributed by atoms with Gasteiger partial charge in [-0.15, -0.1) is 0 Å². The Morgan fingerprint density at radius 1 is 1.30 bits per heavy atom. The predicted molar refractivity (Wildman–Crippen MR) is 112 cm³/mol. The molecule has 0 aliphatic carbocycles. The van der Waals surface area contributed by atoms with Crippen molar-refractivity contribution in [2.45, 2.75) is 5.92 Å². The van der Waals surface area contributed by atoms with Crippen LogP contribution in [0.25, 0.3) is 10.1 Å². The topological polar surface area (TPSA) is 122 Å². The van der Waals surface area contributed by atoms with Gasteiger partial charge in [0.15, 0.2) is 0 Å². The number of hydrogen-bond acceptors (Lipinski definition) is 8. The maximum absolute atomic E-state index is 13.1. The highest BCUT2D eigenvalue weighted by atomic mass is 35.5. The van der Waals surface area contributed by atoms with E-state index in [1.807, 2.05) is 0 Å². The minimum Gasteiger partial charge on any atom is -0.465 e. The zero-order valence-electron chi connectivity index (χ0n) is 15.4. The molecule has 0 fully saturated rings. The smallest absolute Gasteiger partial charge is 0.340 e. The molecule has 152 valence electrons. The second kappa shape index (κ2) is 7.43. The number of carbonyl (C=O) groups excluding carboxylic acids is 1. The van der Waals surface area contributed by atoms with Crippen molar-refractivity contribution >= 4 is 44.7 Å². The fraction of sp³-hybridized carbons (Fsp3) is 0.100. The van der Waals surface area contributed by atoms with E-state index in [-0.39, 0.29) is 38.2 Å². The van der Waals surface area contributed by atoms with Crippen LogP contribution in [-0.2, 0) is 9.53 Å². The standard InChI is InChI=1S/C20H13ClN2O6S/c1-28-19(24)16-14(9-6-7-12(23(26)27)11(21)8-9)15-17(29-18(16)22)10-4-2-3-5-13(10)30-20(15)25/h2-8,14H,22H2,1H3/t14-/m0/s1. The third-order valence-corrected chi connectivity index (χ3v) is 6.04. The van der Waals surface area contributed by atoms with Crippen LogP contribution in [0.2, 0.25) is 5.02 Å². The molecule has 8 nitrogen and oxygen atoms in total. The molecule has 0 amide bonds. The number of nitro benzene ring substituents is 1. The second-order valence-corrected chi connectivity index (χ2v) is 7.82. The molecule has 3 aromatic rings. The maximum Gasteiger partial charge on any atom is 0.340 e. The van der Waals surface area contributed by atoms with Crippen LogP contribution in [0.3, 0.4) is 0 Å². The number of halogens is 1. The summed E-state index contributed by atoms with van der Waals surface area (Å²) in [6, 6.07) is 11.1. The molecule has 10 heteroatoms. The number of fused-ring (bicyclic) bond motifs is 3. The number of rotatable bonds is 3. The Morgan fingerprint density at radius 3 is 2.70 bits per heavy atom. The second-order valence-electron chi connectivity index (χ2n) is 6.40. The number of nitro groups is 1. The molecule has 30 heavy (non-hydrogen) atoms. The first-order chi connectivity index (χ1) is 14.3. The molecule has 1 aromatic heterocycles. The molecule has 0 unspecified atom stereocenters. The number of methoxy groups -OCH3 is 1. The van der Waals surface area contributed by atoms with E-state index in [1.54, 1.807) is 24.3 Å². The fourth-order valence-electron chi connectivity index (χ4n) is 3.46. The molecule has 0 saturated heterocycles. The molecule has 0 radical (unpaired) electrons. The lowest BCUT2D eigenvalue weighted by atomic mass is 9.83. The van der Waals surface area contributed by atoms with Gasteiger partial charge in [-0.05, 0) is 23.8 Å². The van der Waals surface area contributed by atoms with Gasteiger partial charge >= 0.3 is 5.97 Å². The fourth-order valence-corrected chi connectivity index (χ4v) is 4.65. The summed E-state index contributed by atoms with van der Waals surface area (Å²) in [6.07, 6.45) is 0. The van der Waals surface area contributed by atoms with E-state index in [1.165, 1.54) is 25.3 Å². The number of esters is 1. The van der Waals surface area contributed by atoms with Crippen molar-refractivity contribution in [2.24, 2.45) is 5.73 Å². The van der Waals surface area contributed by atoms with Gasteiger partial charge in [-0.3, -0.25) is 14.9 Å². The molecule has 2 aromatic carbocycles. The third kappa shape index (κ3) is 3.08. The third-order valence-electron chi connectivity index (χ3n) is 4.76. The number of hydrogen-bond donors (Lipinski definition) is 1. The van der Waals surface area contributed by atoms with Crippen molar-refractivity contribution in [1.82, 2.24) is 0 Å². The lowest BCUT2D eigenvalue weighted by molar-refractivity contribution is -0.384. The summed E-state index contributed by atoms with van der Waals surface area (Å²) in [4.78, 5) is 36.1. The van der Waals surface area contributed by atoms with Gasteiger partial charge in [0.05, 0.1) is 23.5 Å². The van der Waals surface area contributed by atoms with Crippen molar-refractivity contribution in [3.63, 3.8) is 0 Å². The van der Waals surface area contributed by atoms with Crippen molar-refractivity contribution in [3.8, 4) is 5.75 Å². The van der Waals surface area contributed by atoms with Gasteiger partial charge in [0.25, 0.3) is 5.69 Å². The molecular formula is C20H13ClN2O6S. The first kappa shape index (κ1) is 19.9. The first-order valence-electron chi connectivity index (χ1n) is 8.58. The predicted octanol–water partition coefficient (Wildman–Crippen LogP) is 3.69. The van der Waals surface area contributed by atoms with Crippen molar-refractivity contribution in [2.75, 3.05) is 7.11 Å². The molecule has 0 spiro atoms. The Hall–Kier alpha value is -3.43. The number of ether oxygens (including phenoxy) is 2. The van der Waals surface area contributed by atoms with Crippen molar-refractivity contribution < 1.29 is 19.2 Å². The normalized spacial score (nSPS) is 15.5. The number of carbonyl (C=O) groups is 1. The van der Waals surface area contributed by atoms with Crippen LogP contribution < -0.4 is 15.2 Å². The Kier molecular flexibility index (Phi) is 4.92. The van der Waals surface area contributed by atoms with Crippen molar-refractivity contribution in [3.05, 3.63) is 89.7 Å². The molecule has 0 bridgehead atoms. The lowest BCUT2D eigenvalue weighted by Gasteiger charge is -2.28. The van der Waals surface area contributed by atoms with E-state index in [9.17, 15) is 19.7 Å². The van der Waals surface area contributed by atoms with Crippen LogP contribution in [0.1, 0.15) is 17.0 Å². The highest BCUT2D eigenvalue weighted by Crippen LogP contribution is 2.45. The molecule has 1 atom stereocenters. The zero-order valence-corrected chi connectivity index (χ0v) is 17.0. The van der Waals surface area contributed by atoms with Crippen LogP contribution in [0, 0.1) is 10.1 Å². The Bertz CT molecular complexity index is 1320. The van der Waals surface area contributed by atoms with E-state index in [0.29, 0.717) is 15.6 Å². The van der Waals surface area contributed by atoms with E-state index in [2.05, 4.69) is 0 Å². The Labute approximate surface area is 178 Å². The summed E-state index contributed by atoms with van der Waals surface area (Å²) in [7, 11) is 1.18. The van der Waals surface area contributed by atoms with Gasteiger partial charge in [-0.1, -0.05) is 41.1 Å². The molecule has 1 aliphatic heterocycles. The Balaban J connectivity index is 2.05. The van der Waals surface area contributed by atoms with Gasteiger partial charge in [0, 0.05) is 16.2 Å². The van der Waals surface area contributed by atoms with E-state index in [4.69, 9.17) is 26.8 Å². The van der Waals surface area contributed by atoms with Gasteiger partial charge in [-0.2, -0.15) is 0 Å². The van der Waals surface area contributed by atoms with Crippen LogP contribution in [0.5, 0.6) is 5.75 Å². The van der Waals surface area contributed by atoms with Crippen molar-refractivity contribution in [1.29, 1.82) is 0 Å². The quantitative estimate of drug-likeness (QED) is 0.371. The van der Waals surface area contributed by atoms with Crippen LogP contribution in [-0.4, -0.2) is 18.0 Å². The molecular weight excluding hydrogens is 432 g/mol. The minimum atomic E-state index is -0.965. The Morgan fingerprint density at radius 2 is 2.03 bits per heavy atom. The van der Waals surface area contributed by atoms with E-state index < -0.39 is 16.8 Å². The van der Waals surface area contributed by atoms with Crippen LogP contribution in [0.15, 0.2) is 58.7 Å². The SMILES string of the molecule is COC(=O)C1=C(N)Oc2c(c(=O)sc3ccccc23)[C@@H]1c1ccc([N+](=O)[O-])c(Cl)c1. The van der Waals surface area contributed by atoms with Gasteiger partial charge in [-0.25, -0.2) is 4.79 Å². The molecule has 4 rings (SSSR count). The number of nitrogens with zero attached hydrogens (tertiary/aromatic N) is 1. The summed E-state index contributed by atoms with van der Waals surface area (Å²) in [6.45, 7) is 0. The largest absolute Gasteiger partial charge is 0.465 e. The number of benzene rings is 2. The average molecular weight is 445 g/mol. The molecule has 2 N–H and O–H groups in total. The van der Waals surface area contributed by atoms with E-state index in [0.717, 1.165) is 11.3 Å². The first-order valence-corrected chi connectivity index (χ1v) is 9.78. The average Bonchev–Trinajstić information content (AvgIpc) is 2.72. The summed E-state index contributed by atoms with van der Waals surface area (Å²) in [5.41, 5.74) is 6.27. The van der Waals surface area contributed by atoms with Gasteiger partial charge in [0.2, 0.25) is 10.6 Å². The molecule has 0 saturated carbocycles. The minimum absolute atomic E-state index is 0.0745. The summed E-state index contributed by atoms with van der Waals surface area (Å²) < 4.78 is 10.9. The summed E-state index contributed by atoms with van der Waals surface area (Å²) in [5, 5.41) is 11.6. The summed E-state index contributed by atoms with van der Waals surface area (Å²) >= 11 is 7.09. The molecule has 2 heterocycles. The molecule has 1 aliphatic rings. The van der Waals surface area contributed by atoms with Gasteiger partial charge in [0.1, 0.15) is 16.3 Å². The van der Waals surface area contributed by atoms with Gasteiger partial charge < -0.3 is 15.2 Å². The monoisotopic (exact) mass is 444 g/mol. The highest BCUT2D eigenvalue weighted by Gasteiger charge is 2.38.